The Kier molecular flexibility index (Phi) is 7.15. The van der Waals surface area contributed by atoms with Gasteiger partial charge in [-0.25, -0.2) is 4.79 Å². The van der Waals surface area contributed by atoms with Gasteiger partial charge >= 0.3 is 5.97 Å². The molecule has 0 aliphatic carbocycles. The van der Waals surface area contributed by atoms with Gasteiger partial charge in [0.05, 0.1) is 5.56 Å². The topological polar surface area (TPSA) is 69.6 Å². The molecule has 1 atom stereocenters. The van der Waals surface area contributed by atoms with Crippen molar-refractivity contribution in [3.05, 3.63) is 35.4 Å². The van der Waals surface area contributed by atoms with Crippen molar-refractivity contribution < 1.29 is 15.0 Å². The minimum absolute atomic E-state index is 0.206. The van der Waals surface area contributed by atoms with Crippen molar-refractivity contribution in [2.24, 2.45) is 5.92 Å². The van der Waals surface area contributed by atoms with Crippen LogP contribution in [0.4, 0.5) is 0 Å². The number of carbonyl (C=O) groups is 1. The highest BCUT2D eigenvalue weighted by Crippen LogP contribution is 2.11. The van der Waals surface area contributed by atoms with E-state index in [2.05, 4.69) is 12.2 Å². The van der Waals surface area contributed by atoms with Crippen LogP contribution in [0.5, 0.6) is 0 Å². The molecule has 0 aromatic heterocycles. The molecule has 106 valence electrons. The molecule has 0 amide bonds. The summed E-state index contributed by atoms with van der Waals surface area (Å²) in [4.78, 5) is 11.1. The molecule has 4 nitrogen and oxygen atoms in total. The van der Waals surface area contributed by atoms with Crippen LogP contribution in [0.1, 0.15) is 42.1 Å². The molecule has 19 heavy (non-hydrogen) atoms. The molecule has 0 aliphatic heterocycles. The Morgan fingerprint density at radius 1 is 1.32 bits per heavy atom. The Labute approximate surface area is 114 Å². The largest absolute Gasteiger partial charge is 0.478 e. The fourth-order valence-corrected chi connectivity index (χ4v) is 2.23. The highest BCUT2D eigenvalue weighted by molar-refractivity contribution is 5.89. The number of hydrogen-bond donors (Lipinski definition) is 3. The second-order valence-corrected chi connectivity index (χ2v) is 4.76. The standard InChI is InChI=1S/C15H23NO3/c1-2-5-12(8-9-17)10-16-11-13-6-3-4-7-14(13)15(18)19/h3-4,6-7,12,16-17H,2,5,8-11H2,1H3,(H,18,19). The third-order valence-corrected chi connectivity index (χ3v) is 3.23. The quantitative estimate of drug-likeness (QED) is 0.640. The Morgan fingerprint density at radius 3 is 2.68 bits per heavy atom. The average Bonchev–Trinajstić information content (AvgIpc) is 2.39. The van der Waals surface area contributed by atoms with Crippen LogP contribution in [0.2, 0.25) is 0 Å². The van der Waals surface area contributed by atoms with Crippen molar-refractivity contribution in [3.8, 4) is 0 Å². The van der Waals surface area contributed by atoms with Crippen LogP contribution in [0.3, 0.4) is 0 Å². The number of aliphatic hydroxyl groups is 1. The van der Waals surface area contributed by atoms with Gasteiger partial charge in [0.15, 0.2) is 0 Å². The summed E-state index contributed by atoms with van der Waals surface area (Å²) in [7, 11) is 0. The summed E-state index contributed by atoms with van der Waals surface area (Å²) in [5.41, 5.74) is 1.15. The lowest BCUT2D eigenvalue weighted by Crippen LogP contribution is -2.24. The number of carboxylic acids is 1. The predicted molar refractivity (Wildman–Crippen MR) is 75.2 cm³/mol. The highest BCUT2D eigenvalue weighted by atomic mass is 16.4. The van der Waals surface area contributed by atoms with E-state index in [1.54, 1.807) is 12.1 Å². The molecular weight excluding hydrogens is 242 g/mol. The molecule has 4 heteroatoms. The van der Waals surface area contributed by atoms with E-state index in [1.807, 2.05) is 12.1 Å². The number of nitrogens with one attached hydrogen (secondary N) is 1. The molecule has 0 saturated heterocycles. The van der Waals surface area contributed by atoms with Crippen LogP contribution in [0.25, 0.3) is 0 Å². The van der Waals surface area contributed by atoms with Crippen molar-refractivity contribution in [1.82, 2.24) is 5.32 Å². The molecule has 3 N–H and O–H groups in total. The van der Waals surface area contributed by atoms with Crippen LogP contribution >= 0.6 is 0 Å². The van der Waals surface area contributed by atoms with Crippen molar-refractivity contribution >= 4 is 5.97 Å². The van der Waals surface area contributed by atoms with Crippen molar-refractivity contribution in [2.45, 2.75) is 32.7 Å². The Hall–Kier alpha value is -1.39. The van der Waals surface area contributed by atoms with E-state index in [4.69, 9.17) is 10.2 Å². The summed E-state index contributed by atoms with van der Waals surface area (Å²) in [6.45, 7) is 3.69. The van der Waals surface area contributed by atoms with Crippen molar-refractivity contribution in [3.63, 3.8) is 0 Å². The number of hydrogen-bond acceptors (Lipinski definition) is 3. The van der Waals surface area contributed by atoms with Crippen LogP contribution < -0.4 is 5.32 Å². The molecule has 1 unspecified atom stereocenters. The lowest BCUT2D eigenvalue weighted by Gasteiger charge is -2.16. The predicted octanol–water partition coefficient (Wildman–Crippen LogP) is 2.27. The molecule has 0 saturated carbocycles. The molecule has 0 heterocycles. The van der Waals surface area contributed by atoms with Gasteiger partial charge in [0.25, 0.3) is 0 Å². The van der Waals surface area contributed by atoms with E-state index >= 15 is 0 Å². The van der Waals surface area contributed by atoms with E-state index in [0.717, 1.165) is 31.4 Å². The summed E-state index contributed by atoms with van der Waals surface area (Å²) >= 11 is 0. The lowest BCUT2D eigenvalue weighted by atomic mass is 10.00. The second kappa shape index (κ2) is 8.67. The van der Waals surface area contributed by atoms with Gasteiger partial charge in [0, 0.05) is 13.2 Å². The van der Waals surface area contributed by atoms with E-state index in [9.17, 15) is 4.79 Å². The zero-order chi connectivity index (χ0) is 14.1. The number of benzene rings is 1. The number of aliphatic hydroxyl groups excluding tert-OH is 1. The van der Waals surface area contributed by atoms with Crippen molar-refractivity contribution in [1.29, 1.82) is 0 Å². The molecule has 1 rings (SSSR count). The summed E-state index contributed by atoms with van der Waals surface area (Å²) in [5, 5.41) is 21.4. The lowest BCUT2D eigenvalue weighted by molar-refractivity contribution is 0.0695. The minimum Gasteiger partial charge on any atom is -0.478 e. The number of rotatable bonds is 9. The highest BCUT2D eigenvalue weighted by Gasteiger charge is 2.10. The fraction of sp³-hybridized carbons (Fsp3) is 0.533. The number of aromatic carboxylic acids is 1. The first-order chi connectivity index (χ1) is 9.19. The second-order valence-electron chi connectivity index (χ2n) is 4.76. The van der Waals surface area contributed by atoms with Gasteiger partial charge in [-0.3, -0.25) is 0 Å². The summed E-state index contributed by atoms with van der Waals surface area (Å²) in [5.74, 6) is -0.440. The maximum atomic E-state index is 11.1. The Morgan fingerprint density at radius 2 is 2.05 bits per heavy atom. The molecule has 1 aromatic rings. The smallest absolute Gasteiger partial charge is 0.336 e. The SMILES string of the molecule is CCCC(CCO)CNCc1ccccc1C(=O)O. The Balaban J connectivity index is 2.50. The molecule has 0 aliphatic rings. The molecule has 0 radical (unpaired) electrons. The first kappa shape index (κ1) is 15.7. The maximum absolute atomic E-state index is 11.1. The van der Waals surface area contributed by atoms with Crippen LogP contribution in [-0.2, 0) is 6.54 Å². The summed E-state index contributed by atoms with van der Waals surface area (Å²) in [6, 6.07) is 7.03. The van der Waals surface area contributed by atoms with Gasteiger partial charge in [-0.05, 0) is 36.9 Å². The molecule has 0 bridgehead atoms. The van der Waals surface area contributed by atoms with Crippen LogP contribution in [0, 0.1) is 5.92 Å². The normalized spacial score (nSPS) is 12.3. The average molecular weight is 265 g/mol. The zero-order valence-electron chi connectivity index (χ0n) is 11.4. The van der Waals surface area contributed by atoms with Gasteiger partial charge in [0.1, 0.15) is 0 Å². The van der Waals surface area contributed by atoms with Crippen LogP contribution in [-0.4, -0.2) is 29.3 Å². The molecule has 0 spiro atoms. The molecular formula is C15H23NO3. The van der Waals surface area contributed by atoms with Crippen LogP contribution in [0.15, 0.2) is 24.3 Å². The molecule has 0 fully saturated rings. The maximum Gasteiger partial charge on any atom is 0.336 e. The Bertz CT molecular complexity index is 387. The van der Waals surface area contributed by atoms with Gasteiger partial charge in [-0.1, -0.05) is 31.5 Å². The van der Waals surface area contributed by atoms with E-state index < -0.39 is 5.97 Å². The monoisotopic (exact) mass is 265 g/mol. The first-order valence-corrected chi connectivity index (χ1v) is 6.81. The minimum atomic E-state index is -0.891. The third kappa shape index (κ3) is 5.41. The van der Waals surface area contributed by atoms with Gasteiger partial charge in [-0.2, -0.15) is 0 Å². The van der Waals surface area contributed by atoms with Crippen molar-refractivity contribution in [2.75, 3.05) is 13.2 Å². The van der Waals surface area contributed by atoms with E-state index in [1.165, 1.54) is 0 Å². The van der Waals surface area contributed by atoms with Gasteiger partial charge < -0.3 is 15.5 Å². The summed E-state index contributed by atoms with van der Waals surface area (Å²) < 4.78 is 0. The first-order valence-electron chi connectivity index (χ1n) is 6.81. The van der Waals surface area contributed by atoms with E-state index in [-0.39, 0.29) is 6.61 Å². The van der Waals surface area contributed by atoms with Gasteiger partial charge in [-0.15, -0.1) is 0 Å². The third-order valence-electron chi connectivity index (χ3n) is 3.23. The number of carboxylic acid groups (broad SMARTS) is 1. The fourth-order valence-electron chi connectivity index (χ4n) is 2.23. The van der Waals surface area contributed by atoms with E-state index in [0.29, 0.717) is 18.0 Å². The summed E-state index contributed by atoms with van der Waals surface area (Å²) in [6.07, 6.45) is 2.97. The van der Waals surface area contributed by atoms with Gasteiger partial charge in [0.2, 0.25) is 0 Å². The zero-order valence-corrected chi connectivity index (χ0v) is 11.4. The molecule has 1 aromatic carbocycles.